The number of rotatable bonds is 2. The van der Waals surface area contributed by atoms with E-state index >= 15 is 0 Å². The van der Waals surface area contributed by atoms with Crippen molar-refractivity contribution in [1.82, 2.24) is 0 Å². The first kappa shape index (κ1) is 23.9. The molecule has 0 heterocycles. The first-order valence-corrected chi connectivity index (χ1v) is 23.4. The van der Waals surface area contributed by atoms with Gasteiger partial charge in [-0.25, -0.2) is 0 Å². The van der Waals surface area contributed by atoms with Crippen molar-refractivity contribution in [1.29, 1.82) is 0 Å². The molecule has 2 aromatic carbocycles. The summed E-state index contributed by atoms with van der Waals surface area (Å²) in [4.78, 5) is 0. The normalized spacial score (nSPS) is 19.5. The first-order chi connectivity index (χ1) is 12.1. The molecule has 0 amide bonds. The van der Waals surface area contributed by atoms with Crippen molar-refractivity contribution >= 4 is 19.0 Å². The van der Waals surface area contributed by atoms with Crippen LogP contribution in [0.4, 0.5) is 0 Å². The Morgan fingerprint density at radius 2 is 1.04 bits per heavy atom. The third-order valence-electron chi connectivity index (χ3n) is 6.89. The van der Waals surface area contributed by atoms with E-state index in [4.69, 9.17) is 0 Å². The molecule has 2 atom stereocenters. The monoisotopic (exact) mass is 506 g/mol. The van der Waals surface area contributed by atoms with Gasteiger partial charge >= 0.3 is 162 Å². The zero-order chi connectivity index (χ0) is 18.9. The molecule has 148 valence electrons. The third-order valence-corrected chi connectivity index (χ3v) is 24.8. The molecule has 2 unspecified atom stereocenters. The summed E-state index contributed by atoms with van der Waals surface area (Å²) in [5.74, 6) is 0. The summed E-state index contributed by atoms with van der Waals surface area (Å²) in [6, 6.07) is 13.8. The van der Waals surface area contributed by atoms with Crippen LogP contribution in [0.1, 0.15) is 54.5 Å². The van der Waals surface area contributed by atoms with Crippen LogP contribution in [0.5, 0.6) is 0 Å². The van der Waals surface area contributed by atoms with Crippen molar-refractivity contribution in [3.05, 3.63) is 80.9 Å². The molecule has 0 nitrogen and oxygen atoms in total. The Labute approximate surface area is 185 Å². The van der Waals surface area contributed by atoms with Crippen molar-refractivity contribution in [3.63, 3.8) is 0 Å². The van der Waals surface area contributed by atoms with Crippen LogP contribution in [0.25, 0.3) is 12.2 Å². The number of hydrogen-bond donors (Lipinski definition) is 0. The molecule has 0 radical (unpaired) electrons. The SMILES string of the molecule is CC1=Cc2c(C)cccc2[CH]1[Zr+2]([CH3])([CH3])(=[SiH2])[CH]1C(C)=Cc2c(C)cccc21.[Cl-].[Cl-]. The molecule has 0 fully saturated rings. The van der Waals surface area contributed by atoms with Crippen molar-refractivity contribution < 1.29 is 42.2 Å². The minimum atomic E-state index is -3.22. The summed E-state index contributed by atoms with van der Waals surface area (Å²) < 4.78 is 6.70. The number of allylic oxidation sites excluding steroid dienone is 2. The number of aryl methyl sites for hydroxylation is 2. The van der Waals surface area contributed by atoms with Crippen molar-refractivity contribution in [3.8, 4) is 0 Å². The fourth-order valence-corrected chi connectivity index (χ4v) is 27.4. The Morgan fingerprint density at radius 1 is 0.679 bits per heavy atom. The van der Waals surface area contributed by atoms with E-state index in [0.717, 1.165) is 0 Å². The Morgan fingerprint density at radius 3 is 1.39 bits per heavy atom. The van der Waals surface area contributed by atoms with Crippen LogP contribution in [-0.4, -0.2) is 6.88 Å². The zero-order valence-electron chi connectivity index (χ0n) is 17.7. The topological polar surface area (TPSA) is 0 Å². The van der Waals surface area contributed by atoms with E-state index in [9.17, 15) is 0 Å². The molecule has 2 aromatic rings. The van der Waals surface area contributed by atoms with Gasteiger partial charge < -0.3 is 24.8 Å². The smallest absolute Gasteiger partial charge is 1.00 e. The van der Waals surface area contributed by atoms with Crippen LogP contribution >= 0.6 is 0 Å². The Hall–Kier alpha value is -0.400. The molecule has 0 saturated carbocycles. The predicted molar refractivity (Wildman–Crippen MR) is 115 cm³/mol. The second kappa shape index (κ2) is 7.69. The summed E-state index contributed by atoms with van der Waals surface area (Å²) >= 11 is -3.22. The van der Waals surface area contributed by atoms with E-state index in [1.165, 1.54) is 22.3 Å². The maximum Gasteiger partial charge on any atom is -1.00 e. The van der Waals surface area contributed by atoms with Gasteiger partial charge in [0.1, 0.15) is 0 Å². The largest absolute Gasteiger partial charge is 1.00 e. The minimum absolute atomic E-state index is 0. The standard InChI is InChI=1S/2C11H11.2CH3.2ClH.H2Si.Zr/c2*1-8-6-10-5-3-4-9(2)11(10)7-8;;;;;;/h2*3-7H,1-2H3;2*1H3;2*1H;1H2;/q;;;;;;;+2/p-2. The van der Waals surface area contributed by atoms with E-state index in [2.05, 4.69) is 92.4 Å². The van der Waals surface area contributed by atoms with Gasteiger partial charge in [-0.05, 0) is 0 Å². The maximum absolute atomic E-state index is 3.22. The molecular weight excluding hydrogens is 478 g/mol. The average Bonchev–Trinajstić information content (AvgIpc) is 3.06. The molecule has 0 aromatic heterocycles. The van der Waals surface area contributed by atoms with Gasteiger partial charge in [-0.15, -0.1) is 0 Å². The van der Waals surface area contributed by atoms with E-state index in [1.807, 2.05) is 0 Å². The van der Waals surface area contributed by atoms with Gasteiger partial charge in [0.2, 0.25) is 0 Å². The number of halogens is 2. The quantitative estimate of drug-likeness (QED) is 0.511. The fourth-order valence-electron chi connectivity index (χ4n) is 6.10. The van der Waals surface area contributed by atoms with Gasteiger partial charge in [0.15, 0.2) is 0 Å². The average molecular weight is 509 g/mol. The molecule has 0 bridgehead atoms. The summed E-state index contributed by atoms with van der Waals surface area (Å²) in [7, 11) is 0. The molecule has 0 N–H and O–H groups in total. The minimum Gasteiger partial charge on any atom is -1.00 e. The van der Waals surface area contributed by atoms with Crippen LogP contribution < -0.4 is 24.8 Å². The molecule has 0 saturated heterocycles. The van der Waals surface area contributed by atoms with E-state index in [0.29, 0.717) is 7.25 Å². The molecule has 28 heavy (non-hydrogen) atoms. The molecule has 2 aliphatic carbocycles. The Kier molecular flexibility index (Phi) is 6.56. The second-order valence-corrected chi connectivity index (χ2v) is 40.2. The number of fused-ring (bicyclic) bond motifs is 2. The summed E-state index contributed by atoms with van der Waals surface area (Å²) in [5, 5.41) is 0. The van der Waals surface area contributed by atoms with E-state index < -0.39 is 17.4 Å². The molecule has 2 aliphatic rings. The molecular formula is C24H30Cl2SiZr. The first-order valence-electron chi connectivity index (χ1n) is 9.73. The molecule has 4 rings (SSSR count). The van der Waals surface area contributed by atoms with Gasteiger partial charge in [0, 0.05) is 0 Å². The van der Waals surface area contributed by atoms with Gasteiger partial charge in [0.25, 0.3) is 0 Å². The Balaban J connectivity index is 0.00000140. The van der Waals surface area contributed by atoms with Gasteiger partial charge in [-0.1, -0.05) is 0 Å². The van der Waals surface area contributed by atoms with Crippen LogP contribution in [0.3, 0.4) is 0 Å². The van der Waals surface area contributed by atoms with Crippen molar-refractivity contribution in [2.45, 2.75) is 44.2 Å². The number of benzene rings is 2. The number of hydrogen-bond acceptors (Lipinski definition) is 0. The third kappa shape index (κ3) is 3.39. The van der Waals surface area contributed by atoms with E-state index in [-0.39, 0.29) is 24.8 Å². The molecule has 0 aliphatic heterocycles. The van der Waals surface area contributed by atoms with Gasteiger partial charge in [0.05, 0.1) is 0 Å². The summed E-state index contributed by atoms with van der Waals surface area (Å²) in [6.07, 6.45) is 4.96. The predicted octanol–water partition coefficient (Wildman–Crippen LogP) is 0.262. The van der Waals surface area contributed by atoms with Crippen LogP contribution in [0.2, 0.25) is 9.26 Å². The van der Waals surface area contributed by atoms with Gasteiger partial charge in [-0.2, -0.15) is 0 Å². The van der Waals surface area contributed by atoms with Crippen molar-refractivity contribution in [2.24, 2.45) is 0 Å². The van der Waals surface area contributed by atoms with Crippen LogP contribution in [0.15, 0.2) is 47.5 Å². The Bertz CT molecular complexity index is 993. The van der Waals surface area contributed by atoms with Crippen LogP contribution in [-0.2, 0) is 17.4 Å². The summed E-state index contributed by atoms with van der Waals surface area (Å²) in [6.45, 7) is 11.7. The van der Waals surface area contributed by atoms with Crippen molar-refractivity contribution in [2.75, 3.05) is 0 Å². The van der Waals surface area contributed by atoms with Gasteiger partial charge in [-0.3, -0.25) is 0 Å². The van der Waals surface area contributed by atoms with E-state index in [1.54, 1.807) is 22.3 Å². The second-order valence-electron chi connectivity index (χ2n) is 9.74. The zero-order valence-corrected chi connectivity index (χ0v) is 23.1. The van der Waals surface area contributed by atoms with Crippen LogP contribution in [0, 0.1) is 13.8 Å². The summed E-state index contributed by atoms with van der Waals surface area (Å²) in [5.41, 5.74) is 12.2. The molecule has 4 heteroatoms. The maximum atomic E-state index is 2.71. The molecule has 0 spiro atoms. The fraction of sp³-hybridized carbons (Fsp3) is 0.333.